The molecule has 1 aliphatic heterocycles. The van der Waals surface area contributed by atoms with E-state index in [0.29, 0.717) is 11.8 Å². The SMILES string of the molecule is CC1SCCN(S(=O)(=O)C(C)CN)C1C. The molecule has 0 aromatic heterocycles. The molecule has 1 aliphatic rings. The van der Waals surface area contributed by atoms with Crippen LogP contribution in [0, 0.1) is 0 Å². The Morgan fingerprint density at radius 2 is 2.13 bits per heavy atom. The number of sulfonamides is 1. The highest BCUT2D eigenvalue weighted by atomic mass is 32.2. The third-order valence-corrected chi connectivity index (χ3v) is 6.71. The van der Waals surface area contributed by atoms with Crippen LogP contribution in [0.15, 0.2) is 0 Å². The van der Waals surface area contributed by atoms with Gasteiger partial charge in [0.2, 0.25) is 10.0 Å². The van der Waals surface area contributed by atoms with Gasteiger partial charge in [-0.25, -0.2) is 8.42 Å². The van der Waals surface area contributed by atoms with Crippen LogP contribution >= 0.6 is 11.8 Å². The van der Waals surface area contributed by atoms with Crippen LogP contribution in [0.3, 0.4) is 0 Å². The van der Waals surface area contributed by atoms with Crippen LogP contribution in [0.2, 0.25) is 0 Å². The molecule has 0 amide bonds. The Hall–Kier alpha value is 0.220. The van der Waals surface area contributed by atoms with E-state index >= 15 is 0 Å². The quantitative estimate of drug-likeness (QED) is 0.794. The number of hydrogen-bond acceptors (Lipinski definition) is 4. The van der Waals surface area contributed by atoms with Gasteiger partial charge in [-0.15, -0.1) is 0 Å². The van der Waals surface area contributed by atoms with E-state index in [0.717, 1.165) is 5.75 Å². The molecule has 4 nitrogen and oxygen atoms in total. The Bertz CT molecular complexity index is 305. The number of thioether (sulfide) groups is 1. The average Bonchev–Trinajstić information content (AvgIpc) is 2.20. The number of nitrogens with two attached hydrogens (primary N) is 1. The molecule has 1 heterocycles. The van der Waals surface area contributed by atoms with Crippen molar-refractivity contribution in [1.82, 2.24) is 4.31 Å². The van der Waals surface area contributed by atoms with E-state index < -0.39 is 15.3 Å². The van der Waals surface area contributed by atoms with Crippen molar-refractivity contribution in [1.29, 1.82) is 0 Å². The summed E-state index contributed by atoms with van der Waals surface area (Å²) in [7, 11) is -3.20. The lowest BCUT2D eigenvalue weighted by molar-refractivity contribution is 0.336. The first-order valence-electron chi connectivity index (χ1n) is 5.23. The van der Waals surface area contributed by atoms with E-state index in [1.165, 1.54) is 0 Å². The van der Waals surface area contributed by atoms with E-state index in [1.54, 1.807) is 11.2 Å². The van der Waals surface area contributed by atoms with Gasteiger partial charge in [0.25, 0.3) is 0 Å². The van der Waals surface area contributed by atoms with Gasteiger partial charge in [-0.3, -0.25) is 0 Å². The van der Waals surface area contributed by atoms with Crippen molar-refractivity contribution in [3.63, 3.8) is 0 Å². The molecule has 2 N–H and O–H groups in total. The molecular formula is C9H20N2O2S2. The molecule has 90 valence electrons. The molecular weight excluding hydrogens is 232 g/mol. The molecule has 15 heavy (non-hydrogen) atoms. The maximum Gasteiger partial charge on any atom is 0.218 e. The molecule has 0 bridgehead atoms. The third kappa shape index (κ3) is 2.67. The van der Waals surface area contributed by atoms with Crippen molar-refractivity contribution in [2.45, 2.75) is 37.3 Å². The van der Waals surface area contributed by atoms with Gasteiger partial charge >= 0.3 is 0 Å². The molecule has 0 aliphatic carbocycles. The first-order valence-corrected chi connectivity index (χ1v) is 7.78. The summed E-state index contributed by atoms with van der Waals surface area (Å²) in [6.07, 6.45) is 0. The molecule has 3 unspecified atom stereocenters. The molecule has 0 spiro atoms. The van der Waals surface area contributed by atoms with Crippen LogP contribution < -0.4 is 5.73 Å². The highest BCUT2D eigenvalue weighted by Crippen LogP contribution is 2.27. The van der Waals surface area contributed by atoms with Crippen molar-refractivity contribution in [2.24, 2.45) is 5.73 Å². The van der Waals surface area contributed by atoms with Gasteiger partial charge < -0.3 is 5.73 Å². The van der Waals surface area contributed by atoms with Crippen LogP contribution in [0.4, 0.5) is 0 Å². The van der Waals surface area contributed by atoms with E-state index in [-0.39, 0.29) is 12.6 Å². The Labute approximate surface area is 96.6 Å². The molecule has 1 fully saturated rings. The molecule has 0 aromatic carbocycles. The second-order valence-corrected chi connectivity index (χ2v) is 7.81. The largest absolute Gasteiger partial charge is 0.329 e. The lowest BCUT2D eigenvalue weighted by atomic mass is 10.2. The summed E-state index contributed by atoms with van der Waals surface area (Å²) in [5.41, 5.74) is 5.43. The minimum absolute atomic E-state index is 0.0720. The van der Waals surface area contributed by atoms with E-state index in [1.807, 2.05) is 18.7 Å². The summed E-state index contributed by atoms with van der Waals surface area (Å²) in [4.78, 5) is 0. The van der Waals surface area contributed by atoms with Crippen LogP contribution in [-0.4, -0.2) is 48.1 Å². The molecule has 3 atom stereocenters. The zero-order valence-electron chi connectivity index (χ0n) is 9.51. The third-order valence-electron chi connectivity index (χ3n) is 2.99. The molecule has 1 saturated heterocycles. The van der Waals surface area contributed by atoms with Crippen molar-refractivity contribution >= 4 is 21.8 Å². The minimum Gasteiger partial charge on any atom is -0.329 e. The van der Waals surface area contributed by atoms with Crippen molar-refractivity contribution in [2.75, 3.05) is 18.8 Å². The first-order chi connectivity index (χ1) is 6.91. The Kier molecular flexibility index (Phi) is 4.46. The zero-order valence-corrected chi connectivity index (χ0v) is 11.1. The van der Waals surface area contributed by atoms with E-state index in [9.17, 15) is 8.42 Å². The van der Waals surface area contributed by atoms with Crippen LogP contribution in [-0.2, 0) is 10.0 Å². The predicted molar refractivity (Wildman–Crippen MR) is 65.5 cm³/mol. The molecule has 0 saturated carbocycles. The normalized spacial score (nSPS) is 31.5. The summed E-state index contributed by atoms with van der Waals surface area (Å²) < 4.78 is 25.8. The Morgan fingerprint density at radius 1 is 1.53 bits per heavy atom. The zero-order chi connectivity index (χ0) is 11.6. The van der Waals surface area contributed by atoms with Gasteiger partial charge in [0.05, 0.1) is 5.25 Å². The summed E-state index contributed by atoms with van der Waals surface area (Å²) in [5, 5.41) is -0.117. The lowest BCUT2D eigenvalue weighted by Gasteiger charge is -2.37. The van der Waals surface area contributed by atoms with Gasteiger partial charge in [-0.05, 0) is 13.8 Å². The van der Waals surface area contributed by atoms with E-state index in [4.69, 9.17) is 5.73 Å². The molecule has 0 radical (unpaired) electrons. The number of hydrogen-bond donors (Lipinski definition) is 1. The fourth-order valence-corrected chi connectivity index (χ4v) is 4.61. The minimum atomic E-state index is -3.20. The summed E-state index contributed by atoms with van der Waals surface area (Å²) in [6, 6.07) is 0.0720. The maximum atomic E-state index is 12.1. The standard InChI is InChI=1S/C9H20N2O2S2/c1-7(6-10)15(12,13)11-4-5-14-9(3)8(11)2/h7-9H,4-6,10H2,1-3H3. The van der Waals surface area contributed by atoms with Gasteiger partial charge in [0, 0.05) is 30.1 Å². The Balaban J connectivity index is 2.86. The maximum absolute atomic E-state index is 12.1. The second kappa shape index (κ2) is 5.03. The van der Waals surface area contributed by atoms with Gasteiger partial charge in [-0.1, -0.05) is 6.92 Å². The topological polar surface area (TPSA) is 63.4 Å². The number of nitrogens with zero attached hydrogens (tertiary/aromatic N) is 1. The Morgan fingerprint density at radius 3 is 2.67 bits per heavy atom. The fraction of sp³-hybridized carbons (Fsp3) is 1.00. The summed E-state index contributed by atoms with van der Waals surface area (Å²) >= 11 is 1.83. The van der Waals surface area contributed by atoms with Crippen LogP contribution in [0.1, 0.15) is 20.8 Å². The monoisotopic (exact) mass is 252 g/mol. The first kappa shape index (κ1) is 13.3. The van der Waals surface area contributed by atoms with Crippen LogP contribution in [0.25, 0.3) is 0 Å². The van der Waals surface area contributed by atoms with Gasteiger partial charge in [0.1, 0.15) is 0 Å². The highest BCUT2D eigenvalue weighted by Gasteiger charge is 2.36. The van der Waals surface area contributed by atoms with Crippen LogP contribution in [0.5, 0.6) is 0 Å². The fourth-order valence-electron chi connectivity index (χ4n) is 1.62. The molecule has 6 heteroatoms. The average molecular weight is 252 g/mol. The van der Waals surface area contributed by atoms with E-state index in [2.05, 4.69) is 6.92 Å². The van der Waals surface area contributed by atoms with Gasteiger partial charge in [0.15, 0.2) is 0 Å². The number of rotatable bonds is 3. The smallest absolute Gasteiger partial charge is 0.218 e. The summed E-state index contributed by atoms with van der Waals surface area (Å²) in [6.45, 7) is 6.52. The molecule has 1 rings (SSSR count). The molecule has 0 aromatic rings. The van der Waals surface area contributed by atoms with Crippen molar-refractivity contribution < 1.29 is 8.42 Å². The second-order valence-electron chi connectivity index (χ2n) is 4.02. The van der Waals surface area contributed by atoms with Gasteiger partial charge in [-0.2, -0.15) is 16.1 Å². The highest BCUT2D eigenvalue weighted by molar-refractivity contribution is 8.00. The van der Waals surface area contributed by atoms with Crippen molar-refractivity contribution in [3.8, 4) is 0 Å². The summed E-state index contributed by atoms with van der Waals surface area (Å²) in [5.74, 6) is 0.877. The predicted octanol–water partition coefficient (Wildman–Crippen LogP) is 0.489. The lowest BCUT2D eigenvalue weighted by Crippen LogP contribution is -2.51. The van der Waals surface area contributed by atoms with Crippen molar-refractivity contribution in [3.05, 3.63) is 0 Å².